The van der Waals surface area contributed by atoms with Gasteiger partial charge in [-0.15, -0.1) is 0 Å². The van der Waals surface area contributed by atoms with Gasteiger partial charge in [-0.3, -0.25) is 4.79 Å². The van der Waals surface area contributed by atoms with Crippen molar-refractivity contribution in [3.63, 3.8) is 0 Å². The average molecular weight is 298 g/mol. The van der Waals surface area contributed by atoms with Gasteiger partial charge in [0, 0.05) is 13.7 Å². The van der Waals surface area contributed by atoms with Crippen LogP contribution in [0.2, 0.25) is 0 Å². The van der Waals surface area contributed by atoms with Crippen LogP contribution in [0.25, 0.3) is 0 Å². The van der Waals surface area contributed by atoms with Crippen molar-refractivity contribution >= 4 is 16.0 Å². The predicted molar refractivity (Wildman–Crippen MR) is 69.4 cm³/mol. The molecule has 20 heavy (non-hydrogen) atoms. The first-order valence-electron chi connectivity index (χ1n) is 5.63. The van der Waals surface area contributed by atoms with Gasteiger partial charge >= 0.3 is 5.97 Å². The van der Waals surface area contributed by atoms with Gasteiger partial charge in [-0.25, -0.2) is 13.1 Å². The molecule has 7 nitrogen and oxygen atoms in total. The van der Waals surface area contributed by atoms with Gasteiger partial charge < -0.3 is 9.84 Å². The van der Waals surface area contributed by atoms with Crippen LogP contribution in [0.1, 0.15) is 12.0 Å². The van der Waals surface area contributed by atoms with Crippen LogP contribution in [-0.2, 0) is 19.6 Å². The van der Waals surface area contributed by atoms with Gasteiger partial charge in [0.25, 0.3) is 0 Å². The molecule has 1 aromatic carbocycles. The summed E-state index contributed by atoms with van der Waals surface area (Å²) in [5.74, 6) is -1.08. The van der Waals surface area contributed by atoms with Gasteiger partial charge in [-0.05, 0) is 18.2 Å². The lowest BCUT2D eigenvalue weighted by atomic mass is 10.2. The second kappa shape index (κ2) is 7.00. The monoisotopic (exact) mass is 298 g/mol. The summed E-state index contributed by atoms with van der Waals surface area (Å²) < 4.78 is 31.1. The maximum Gasteiger partial charge on any atom is 0.306 e. The maximum atomic E-state index is 12.0. The second-order valence-electron chi connectivity index (χ2n) is 3.95. The lowest BCUT2D eigenvalue weighted by molar-refractivity contribution is -0.139. The Balaban J connectivity index is 2.79. The minimum Gasteiger partial charge on any atom is -0.481 e. The van der Waals surface area contributed by atoms with Crippen molar-refractivity contribution in [1.82, 2.24) is 4.72 Å². The number of aliphatic carboxylic acids is 1. The van der Waals surface area contributed by atoms with Crippen molar-refractivity contribution in [2.45, 2.75) is 17.4 Å². The zero-order valence-corrected chi connectivity index (χ0v) is 11.6. The zero-order chi connectivity index (χ0) is 15.2. The normalized spacial score (nSPS) is 12.6. The number of carboxylic acids is 1. The Kier molecular flexibility index (Phi) is 5.64. The number of nitriles is 1. The number of methoxy groups -OCH3 is 1. The Morgan fingerprint density at radius 1 is 1.55 bits per heavy atom. The van der Waals surface area contributed by atoms with Gasteiger partial charge in [-0.1, -0.05) is 6.07 Å². The molecule has 0 saturated heterocycles. The summed E-state index contributed by atoms with van der Waals surface area (Å²) >= 11 is 0. The van der Waals surface area contributed by atoms with Gasteiger partial charge in [0.05, 0.1) is 29.1 Å². The van der Waals surface area contributed by atoms with Crippen molar-refractivity contribution in [2.75, 3.05) is 13.7 Å². The van der Waals surface area contributed by atoms with E-state index in [0.717, 1.165) is 0 Å². The molecule has 0 aliphatic heterocycles. The Morgan fingerprint density at radius 2 is 2.25 bits per heavy atom. The zero-order valence-electron chi connectivity index (χ0n) is 10.7. The molecule has 0 saturated carbocycles. The molecule has 1 unspecified atom stereocenters. The van der Waals surface area contributed by atoms with Gasteiger partial charge in [0.15, 0.2) is 0 Å². The second-order valence-corrected chi connectivity index (χ2v) is 5.71. The minimum atomic E-state index is -3.81. The predicted octanol–water partition coefficient (Wildman–Crippen LogP) is 0.326. The molecular weight excluding hydrogens is 284 g/mol. The maximum absolute atomic E-state index is 12.0. The molecule has 0 aromatic heterocycles. The largest absolute Gasteiger partial charge is 0.481 e. The van der Waals surface area contributed by atoms with E-state index in [0.29, 0.717) is 0 Å². The number of hydrogen-bond donors (Lipinski definition) is 2. The summed E-state index contributed by atoms with van der Waals surface area (Å²) in [5, 5.41) is 17.4. The first kappa shape index (κ1) is 16.1. The average Bonchev–Trinajstić information content (AvgIpc) is 2.43. The van der Waals surface area contributed by atoms with Crippen LogP contribution in [-0.4, -0.2) is 39.3 Å². The van der Waals surface area contributed by atoms with Crippen molar-refractivity contribution in [3.8, 4) is 6.07 Å². The number of benzene rings is 1. The van der Waals surface area contributed by atoms with Crippen LogP contribution in [0.15, 0.2) is 29.2 Å². The van der Waals surface area contributed by atoms with Crippen molar-refractivity contribution in [1.29, 1.82) is 5.26 Å². The van der Waals surface area contributed by atoms with E-state index in [9.17, 15) is 13.2 Å². The van der Waals surface area contributed by atoms with E-state index >= 15 is 0 Å². The number of nitrogens with one attached hydrogen (secondary N) is 1. The number of sulfonamides is 1. The number of ether oxygens (including phenoxy) is 1. The first-order valence-corrected chi connectivity index (χ1v) is 7.12. The highest BCUT2D eigenvalue weighted by Gasteiger charge is 2.18. The molecule has 1 rings (SSSR count). The standard InChI is InChI=1S/C12H14N2O5S/c1-19-10(6-12(15)16)8-14-20(17,18)11-4-2-3-9(5-11)7-13/h2-5,10,14H,6,8H2,1H3,(H,15,16). The Bertz CT molecular complexity index is 621. The molecule has 0 fully saturated rings. The summed E-state index contributed by atoms with van der Waals surface area (Å²) in [6, 6.07) is 7.38. The lowest BCUT2D eigenvalue weighted by Crippen LogP contribution is -2.34. The molecule has 0 radical (unpaired) electrons. The van der Waals surface area contributed by atoms with Crippen LogP contribution >= 0.6 is 0 Å². The molecule has 8 heteroatoms. The van der Waals surface area contributed by atoms with E-state index in [1.165, 1.54) is 31.4 Å². The lowest BCUT2D eigenvalue weighted by Gasteiger charge is -2.14. The summed E-state index contributed by atoms with van der Waals surface area (Å²) in [6.07, 6.45) is -1.07. The summed E-state index contributed by atoms with van der Waals surface area (Å²) in [7, 11) is -2.50. The van der Waals surface area contributed by atoms with Crippen molar-refractivity contribution < 1.29 is 23.1 Å². The fraction of sp³-hybridized carbons (Fsp3) is 0.333. The first-order chi connectivity index (χ1) is 9.39. The molecule has 1 atom stereocenters. The van der Waals surface area contributed by atoms with Crippen LogP contribution in [0.4, 0.5) is 0 Å². The molecule has 0 aliphatic carbocycles. The number of nitrogens with zero attached hydrogens (tertiary/aromatic N) is 1. The highest BCUT2D eigenvalue weighted by atomic mass is 32.2. The highest BCUT2D eigenvalue weighted by Crippen LogP contribution is 2.11. The molecule has 0 bridgehead atoms. The number of rotatable bonds is 7. The van der Waals surface area contributed by atoms with Gasteiger partial charge in [0.2, 0.25) is 10.0 Å². The van der Waals surface area contributed by atoms with Crippen LogP contribution in [0, 0.1) is 11.3 Å². The Morgan fingerprint density at radius 3 is 2.80 bits per heavy atom. The molecule has 0 heterocycles. The van der Waals surface area contributed by atoms with E-state index < -0.39 is 22.1 Å². The third kappa shape index (κ3) is 4.62. The molecular formula is C12H14N2O5S. The SMILES string of the molecule is COC(CNS(=O)(=O)c1cccc(C#N)c1)CC(=O)O. The number of carboxylic acid groups (broad SMARTS) is 1. The van der Waals surface area contributed by atoms with Gasteiger partial charge in [-0.2, -0.15) is 5.26 Å². The molecule has 0 aliphatic rings. The minimum absolute atomic E-state index is 0.0540. The summed E-state index contributed by atoms with van der Waals surface area (Å²) in [5.41, 5.74) is 0.224. The topological polar surface area (TPSA) is 116 Å². The quantitative estimate of drug-likeness (QED) is 0.749. The van der Waals surface area contributed by atoms with E-state index in [-0.39, 0.29) is 23.4 Å². The molecule has 1 aromatic rings. The smallest absolute Gasteiger partial charge is 0.306 e. The molecule has 108 valence electrons. The van der Waals surface area contributed by atoms with Gasteiger partial charge in [0.1, 0.15) is 0 Å². The van der Waals surface area contributed by atoms with Crippen LogP contribution < -0.4 is 4.72 Å². The molecule has 0 spiro atoms. The summed E-state index contributed by atoms with van der Waals surface area (Å²) in [6.45, 7) is -0.165. The Labute approximate surface area is 116 Å². The third-order valence-corrected chi connectivity index (χ3v) is 3.93. The highest BCUT2D eigenvalue weighted by molar-refractivity contribution is 7.89. The summed E-state index contributed by atoms with van der Waals surface area (Å²) in [4.78, 5) is 10.5. The van der Waals surface area contributed by atoms with E-state index in [1.54, 1.807) is 0 Å². The van der Waals surface area contributed by atoms with Crippen LogP contribution in [0.5, 0.6) is 0 Å². The van der Waals surface area contributed by atoms with E-state index in [2.05, 4.69) is 4.72 Å². The molecule has 0 amide bonds. The van der Waals surface area contributed by atoms with Crippen LogP contribution in [0.3, 0.4) is 0 Å². The third-order valence-electron chi connectivity index (χ3n) is 2.51. The number of hydrogen-bond acceptors (Lipinski definition) is 5. The fourth-order valence-corrected chi connectivity index (χ4v) is 2.56. The van der Waals surface area contributed by atoms with Crippen molar-refractivity contribution in [3.05, 3.63) is 29.8 Å². The van der Waals surface area contributed by atoms with E-state index in [4.69, 9.17) is 15.1 Å². The Hall–Kier alpha value is -1.95. The molecule has 2 N–H and O–H groups in total. The fourth-order valence-electron chi connectivity index (χ4n) is 1.45. The van der Waals surface area contributed by atoms with E-state index in [1.807, 2.05) is 6.07 Å². The van der Waals surface area contributed by atoms with Crippen molar-refractivity contribution in [2.24, 2.45) is 0 Å². The number of carbonyl (C=O) groups is 1.